The van der Waals surface area contributed by atoms with Gasteiger partial charge in [0.15, 0.2) is 0 Å². The molecule has 2 N–H and O–H groups in total. The van der Waals surface area contributed by atoms with Crippen LogP contribution in [0, 0.1) is 5.82 Å². The fourth-order valence-electron chi connectivity index (χ4n) is 2.26. The largest absolute Gasteiger partial charge is 0.378 e. The van der Waals surface area contributed by atoms with Gasteiger partial charge < -0.3 is 15.4 Å². The van der Waals surface area contributed by atoms with Gasteiger partial charge in [0.1, 0.15) is 5.82 Å². The van der Waals surface area contributed by atoms with Gasteiger partial charge in [-0.1, -0.05) is 6.92 Å². The number of hydrogen-bond acceptors (Lipinski definition) is 3. The van der Waals surface area contributed by atoms with Crippen LogP contribution in [0.5, 0.6) is 0 Å². The lowest BCUT2D eigenvalue weighted by atomic mass is 10.0. The predicted octanol–water partition coefficient (Wildman–Crippen LogP) is 2.36. The van der Waals surface area contributed by atoms with Crippen molar-refractivity contribution < 1.29 is 9.13 Å². The molecule has 0 bridgehead atoms. The molecule has 1 aliphatic heterocycles. The van der Waals surface area contributed by atoms with Gasteiger partial charge in [-0.25, -0.2) is 4.39 Å². The molecule has 3 nitrogen and oxygen atoms in total. The summed E-state index contributed by atoms with van der Waals surface area (Å²) in [7, 11) is 0. The van der Waals surface area contributed by atoms with Gasteiger partial charge in [0.25, 0.3) is 0 Å². The minimum absolute atomic E-state index is 0. The summed E-state index contributed by atoms with van der Waals surface area (Å²) < 4.78 is 18.7. The molecule has 1 unspecified atom stereocenters. The van der Waals surface area contributed by atoms with E-state index in [0.29, 0.717) is 0 Å². The lowest BCUT2D eigenvalue weighted by Gasteiger charge is -2.31. The molecule has 1 heterocycles. The number of halogens is 2. The maximum Gasteiger partial charge on any atom is 0.123 e. The zero-order chi connectivity index (χ0) is 13.0. The molecule has 0 radical (unpaired) electrons. The number of rotatable bonds is 4. The second-order valence-electron chi connectivity index (χ2n) is 4.74. The number of anilines is 1. The molecule has 0 aliphatic carbocycles. The van der Waals surface area contributed by atoms with E-state index in [9.17, 15) is 4.39 Å². The summed E-state index contributed by atoms with van der Waals surface area (Å²) >= 11 is 0. The van der Waals surface area contributed by atoms with Crippen molar-refractivity contribution in [1.29, 1.82) is 0 Å². The van der Waals surface area contributed by atoms with Gasteiger partial charge in [0.05, 0.1) is 13.2 Å². The molecule has 1 saturated heterocycles. The number of morpholine rings is 1. The first-order valence-corrected chi connectivity index (χ1v) is 6.57. The minimum Gasteiger partial charge on any atom is -0.378 e. The average molecular weight is 289 g/mol. The third kappa shape index (κ3) is 4.34. The topological polar surface area (TPSA) is 38.5 Å². The van der Waals surface area contributed by atoms with Gasteiger partial charge in [0.2, 0.25) is 0 Å². The molecule has 0 amide bonds. The normalized spacial score (nSPS) is 16.9. The molecule has 5 heteroatoms. The second-order valence-corrected chi connectivity index (χ2v) is 4.74. The van der Waals surface area contributed by atoms with Crippen molar-refractivity contribution in [3.8, 4) is 0 Å². The van der Waals surface area contributed by atoms with E-state index >= 15 is 0 Å². The Morgan fingerprint density at radius 3 is 2.68 bits per heavy atom. The standard InChI is InChI=1S/C14H21FN2O.ClH/c1-2-13(16)10-11-9-12(15)3-4-14(11)17-5-7-18-8-6-17;/h3-4,9,13H,2,5-8,10,16H2,1H3;1H. The van der Waals surface area contributed by atoms with Gasteiger partial charge in [-0.3, -0.25) is 0 Å². The second kappa shape index (κ2) is 7.68. The monoisotopic (exact) mass is 288 g/mol. The van der Waals surface area contributed by atoms with E-state index in [1.54, 1.807) is 6.07 Å². The Labute approximate surface area is 120 Å². The van der Waals surface area contributed by atoms with Crippen LogP contribution in [0.25, 0.3) is 0 Å². The number of nitrogens with two attached hydrogens (primary N) is 1. The minimum atomic E-state index is -0.190. The fourth-order valence-corrected chi connectivity index (χ4v) is 2.26. The van der Waals surface area contributed by atoms with E-state index in [1.165, 1.54) is 6.07 Å². The van der Waals surface area contributed by atoms with E-state index < -0.39 is 0 Å². The number of benzene rings is 1. The summed E-state index contributed by atoms with van der Waals surface area (Å²) in [5.41, 5.74) is 8.09. The number of ether oxygens (including phenoxy) is 1. The molecule has 0 aromatic heterocycles. The summed E-state index contributed by atoms with van der Waals surface area (Å²) in [4.78, 5) is 2.25. The molecule has 1 aromatic rings. The lowest BCUT2D eigenvalue weighted by Crippen LogP contribution is -2.37. The third-order valence-corrected chi connectivity index (χ3v) is 3.40. The van der Waals surface area contributed by atoms with Gasteiger partial charge in [0, 0.05) is 24.8 Å². The molecule has 1 atom stereocenters. The lowest BCUT2D eigenvalue weighted by molar-refractivity contribution is 0.122. The maximum absolute atomic E-state index is 13.4. The van der Waals surface area contributed by atoms with Crippen molar-refractivity contribution in [3.63, 3.8) is 0 Å². The summed E-state index contributed by atoms with van der Waals surface area (Å²) in [5.74, 6) is -0.190. The van der Waals surface area contributed by atoms with Crippen LogP contribution in [-0.2, 0) is 11.2 Å². The van der Waals surface area contributed by atoms with Crippen LogP contribution in [0.15, 0.2) is 18.2 Å². The van der Waals surface area contributed by atoms with Gasteiger partial charge in [-0.05, 0) is 36.6 Å². The van der Waals surface area contributed by atoms with E-state index in [-0.39, 0.29) is 24.3 Å². The molecule has 0 saturated carbocycles. The van der Waals surface area contributed by atoms with Crippen LogP contribution in [-0.4, -0.2) is 32.3 Å². The quantitative estimate of drug-likeness (QED) is 0.924. The molecule has 1 aliphatic rings. The van der Waals surface area contributed by atoms with Gasteiger partial charge in [-0.15, -0.1) is 12.4 Å². The van der Waals surface area contributed by atoms with Crippen LogP contribution in [0.1, 0.15) is 18.9 Å². The van der Waals surface area contributed by atoms with Crippen molar-refractivity contribution in [2.45, 2.75) is 25.8 Å². The third-order valence-electron chi connectivity index (χ3n) is 3.40. The molecule has 1 fully saturated rings. The van der Waals surface area contributed by atoms with Crippen LogP contribution < -0.4 is 10.6 Å². The first-order valence-electron chi connectivity index (χ1n) is 6.57. The highest BCUT2D eigenvalue weighted by atomic mass is 35.5. The molecular weight excluding hydrogens is 267 g/mol. The highest BCUT2D eigenvalue weighted by Gasteiger charge is 2.16. The predicted molar refractivity (Wildman–Crippen MR) is 78.7 cm³/mol. The Hall–Kier alpha value is -0.840. The Bertz CT molecular complexity index is 397. The smallest absolute Gasteiger partial charge is 0.123 e. The average Bonchev–Trinajstić information content (AvgIpc) is 2.40. The summed E-state index contributed by atoms with van der Waals surface area (Å²) in [6, 6.07) is 5.08. The van der Waals surface area contributed by atoms with E-state index in [2.05, 4.69) is 11.8 Å². The SMILES string of the molecule is CCC(N)Cc1cc(F)ccc1N1CCOCC1.Cl. The van der Waals surface area contributed by atoms with Crippen molar-refractivity contribution in [2.24, 2.45) is 5.73 Å². The zero-order valence-electron chi connectivity index (χ0n) is 11.3. The zero-order valence-corrected chi connectivity index (χ0v) is 12.1. The van der Waals surface area contributed by atoms with Gasteiger partial charge in [-0.2, -0.15) is 0 Å². The van der Waals surface area contributed by atoms with Crippen molar-refractivity contribution in [3.05, 3.63) is 29.6 Å². The van der Waals surface area contributed by atoms with Crippen molar-refractivity contribution in [1.82, 2.24) is 0 Å². The van der Waals surface area contributed by atoms with Crippen LogP contribution in [0.4, 0.5) is 10.1 Å². The highest BCUT2D eigenvalue weighted by Crippen LogP contribution is 2.24. The van der Waals surface area contributed by atoms with E-state index in [1.807, 2.05) is 6.07 Å². The summed E-state index contributed by atoms with van der Waals surface area (Å²) in [6.07, 6.45) is 1.63. The molecular formula is C14H22ClFN2O. The highest BCUT2D eigenvalue weighted by molar-refractivity contribution is 5.85. The van der Waals surface area contributed by atoms with Gasteiger partial charge >= 0.3 is 0 Å². The Kier molecular flexibility index (Phi) is 6.55. The summed E-state index contributed by atoms with van der Waals surface area (Å²) in [5, 5.41) is 0. The Balaban J connectivity index is 0.00000180. The van der Waals surface area contributed by atoms with Crippen molar-refractivity contribution in [2.75, 3.05) is 31.2 Å². The Morgan fingerprint density at radius 2 is 2.05 bits per heavy atom. The number of hydrogen-bond donors (Lipinski definition) is 1. The van der Waals surface area contributed by atoms with Crippen LogP contribution in [0.2, 0.25) is 0 Å². The maximum atomic E-state index is 13.4. The fraction of sp³-hybridized carbons (Fsp3) is 0.571. The van der Waals surface area contributed by atoms with E-state index in [4.69, 9.17) is 10.5 Å². The van der Waals surface area contributed by atoms with Crippen LogP contribution >= 0.6 is 12.4 Å². The molecule has 1 aromatic carbocycles. The van der Waals surface area contributed by atoms with E-state index in [0.717, 1.165) is 50.4 Å². The molecule has 2 rings (SSSR count). The summed E-state index contributed by atoms with van der Waals surface area (Å²) in [6.45, 7) is 5.24. The molecule has 108 valence electrons. The van der Waals surface area contributed by atoms with Crippen LogP contribution in [0.3, 0.4) is 0 Å². The Morgan fingerprint density at radius 1 is 1.37 bits per heavy atom. The molecule has 19 heavy (non-hydrogen) atoms. The number of nitrogens with zero attached hydrogens (tertiary/aromatic N) is 1. The van der Waals surface area contributed by atoms with Crippen molar-refractivity contribution >= 4 is 18.1 Å². The first kappa shape index (κ1) is 16.2. The first-order chi connectivity index (χ1) is 8.70. The molecule has 0 spiro atoms.